The molecule has 1 heterocycles. The van der Waals surface area contributed by atoms with E-state index in [4.69, 9.17) is 0 Å². The molecule has 1 aromatic carbocycles. The maximum absolute atomic E-state index is 3.56. The zero-order valence-corrected chi connectivity index (χ0v) is 13.9. The predicted molar refractivity (Wildman–Crippen MR) is 89.3 cm³/mol. The molecular weight excluding hydrogens is 349 g/mol. The van der Waals surface area contributed by atoms with Crippen molar-refractivity contribution in [3.8, 4) is 0 Å². The maximum Gasteiger partial charge on any atom is 0.0220 e. The summed E-state index contributed by atoms with van der Waals surface area (Å²) in [7, 11) is 2.22. The average molecular weight is 373 g/mol. The molecule has 0 unspecified atom stereocenters. The van der Waals surface area contributed by atoms with Gasteiger partial charge in [-0.3, -0.25) is 0 Å². The summed E-state index contributed by atoms with van der Waals surface area (Å²) in [5.74, 6) is 0. The topological polar surface area (TPSA) is 27.3 Å². The second kappa shape index (κ2) is 8.19. The first-order valence-corrected chi connectivity index (χ1v) is 8.21. The molecule has 19 heavy (non-hydrogen) atoms. The SMILES string of the molecule is CN1CCCNCc2cccc(c2I)CNCCC1. The summed E-state index contributed by atoms with van der Waals surface area (Å²) in [5, 5.41) is 7.11. The van der Waals surface area contributed by atoms with Crippen molar-refractivity contribution >= 4 is 22.6 Å². The lowest BCUT2D eigenvalue weighted by Gasteiger charge is -2.18. The first-order chi connectivity index (χ1) is 9.27. The van der Waals surface area contributed by atoms with Crippen molar-refractivity contribution < 1.29 is 0 Å². The van der Waals surface area contributed by atoms with Gasteiger partial charge < -0.3 is 15.5 Å². The zero-order chi connectivity index (χ0) is 13.5. The number of benzene rings is 1. The minimum absolute atomic E-state index is 0.982. The van der Waals surface area contributed by atoms with E-state index >= 15 is 0 Å². The Morgan fingerprint density at radius 2 is 1.53 bits per heavy atom. The Hall–Kier alpha value is -0.170. The van der Waals surface area contributed by atoms with Gasteiger partial charge in [0.15, 0.2) is 0 Å². The molecule has 1 aliphatic rings. The molecule has 0 spiro atoms. The van der Waals surface area contributed by atoms with E-state index in [-0.39, 0.29) is 0 Å². The summed E-state index contributed by atoms with van der Waals surface area (Å²) in [6.45, 7) is 6.53. The van der Waals surface area contributed by atoms with Crippen molar-refractivity contribution in [2.75, 3.05) is 33.2 Å². The highest BCUT2D eigenvalue weighted by Crippen LogP contribution is 2.17. The van der Waals surface area contributed by atoms with Crippen LogP contribution in [0.15, 0.2) is 18.2 Å². The van der Waals surface area contributed by atoms with Crippen LogP contribution in [0.2, 0.25) is 0 Å². The second-order valence-electron chi connectivity index (χ2n) is 5.25. The second-order valence-corrected chi connectivity index (χ2v) is 6.33. The third kappa shape index (κ3) is 5.02. The third-order valence-corrected chi connectivity index (χ3v) is 4.96. The fourth-order valence-corrected chi connectivity index (χ4v) is 3.15. The van der Waals surface area contributed by atoms with Crippen molar-refractivity contribution in [3.63, 3.8) is 0 Å². The number of hydrogen-bond acceptors (Lipinski definition) is 3. The van der Waals surface area contributed by atoms with Gasteiger partial charge in [0.1, 0.15) is 0 Å². The molecule has 0 aromatic heterocycles. The van der Waals surface area contributed by atoms with E-state index in [1.165, 1.54) is 40.6 Å². The molecule has 0 atom stereocenters. The van der Waals surface area contributed by atoms with E-state index in [0.717, 1.165) is 26.2 Å². The molecule has 106 valence electrons. The Morgan fingerprint density at radius 1 is 1.00 bits per heavy atom. The average Bonchev–Trinajstić information content (AvgIpc) is 2.40. The molecule has 0 saturated carbocycles. The van der Waals surface area contributed by atoms with E-state index in [1.54, 1.807) is 0 Å². The van der Waals surface area contributed by atoms with E-state index in [0.29, 0.717) is 0 Å². The fraction of sp³-hybridized carbons (Fsp3) is 0.600. The molecular formula is C15H24IN3. The molecule has 0 fully saturated rings. The van der Waals surface area contributed by atoms with Crippen LogP contribution in [-0.4, -0.2) is 38.1 Å². The van der Waals surface area contributed by atoms with Crippen molar-refractivity contribution in [1.29, 1.82) is 0 Å². The highest BCUT2D eigenvalue weighted by atomic mass is 127. The minimum atomic E-state index is 0.982. The molecule has 0 saturated heterocycles. The Labute approximate surface area is 130 Å². The van der Waals surface area contributed by atoms with Gasteiger partial charge in [-0.05, 0) is 79.8 Å². The summed E-state index contributed by atoms with van der Waals surface area (Å²) < 4.78 is 1.41. The van der Waals surface area contributed by atoms with Gasteiger partial charge in [0.25, 0.3) is 0 Å². The van der Waals surface area contributed by atoms with Crippen LogP contribution in [0, 0.1) is 3.57 Å². The van der Waals surface area contributed by atoms with Gasteiger partial charge in [-0.1, -0.05) is 18.2 Å². The molecule has 0 aliphatic carbocycles. The number of nitrogens with one attached hydrogen (secondary N) is 2. The molecule has 4 heteroatoms. The van der Waals surface area contributed by atoms with Crippen LogP contribution < -0.4 is 10.6 Å². The Morgan fingerprint density at radius 3 is 2.05 bits per heavy atom. The number of halogens is 1. The summed E-state index contributed by atoms with van der Waals surface area (Å²) in [5.41, 5.74) is 2.84. The highest BCUT2D eigenvalue weighted by molar-refractivity contribution is 14.1. The largest absolute Gasteiger partial charge is 0.313 e. The summed E-state index contributed by atoms with van der Waals surface area (Å²) in [6.07, 6.45) is 2.44. The molecule has 1 aromatic rings. The van der Waals surface area contributed by atoms with Crippen molar-refractivity contribution in [2.24, 2.45) is 0 Å². The highest BCUT2D eigenvalue weighted by Gasteiger charge is 2.06. The van der Waals surface area contributed by atoms with Gasteiger partial charge in [-0.25, -0.2) is 0 Å². The van der Waals surface area contributed by atoms with Gasteiger partial charge >= 0.3 is 0 Å². The van der Waals surface area contributed by atoms with E-state index in [1.807, 2.05) is 0 Å². The number of fused-ring (bicyclic) bond motifs is 2. The number of hydrogen-bond donors (Lipinski definition) is 2. The molecule has 2 bridgehead atoms. The van der Waals surface area contributed by atoms with Crippen molar-refractivity contribution in [2.45, 2.75) is 25.9 Å². The van der Waals surface area contributed by atoms with E-state index < -0.39 is 0 Å². The quantitative estimate of drug-likeness (QED) is 0.683. The maximum atomic E-state index is 3.56. The van der Waals surface area contributed by atoms with Crippen molar-refractivity contribution in [3.05, 3.63) is 32.9 Å². The van der Waals surface area contributed by atoms with Crippen LogP contribution in [-0.2, 0) is 13.1 Å². The monoisotopic (exact) mass is 373 g/mol. The van der Waals surface area contributed by atoms with Crippen LogP contribution in [0.25, 0.3) is 0 Å². The Balaban J connectivity index is 2.01. The van der Waals surface area contributed by atoms with E-state index in [9.17, 15) is 0 Å². The predicted octanol–water partition coefficient (Wildman–Crippen LogP) is 2.20. The number of rotatable bonds is 0. The minimum Gasteiger partial charge on any atom is -0.313 e. The van der Waals surface area contributed by atoms with E-state index in [2.05, 4.69) is 63.4 Å². The lowest BCUT2D eigenvalue weighted by atomic mass is 10.1. The third-order valence-electron chi connectivity index (χ3n) is 3.58. The first kappa shape index (κ1) is 15.2. The lowest BCUT2D eigenvalue weighted by molar-refractivity contribution is 0.319. The van der Waals surface area contributed by atoms with Gasteiger partial charge in [0, 0.05) is 16.7 Å². The Kier molecular flexibility index (Phi) is 6.56. The summed E-state index contributed by atoms with van der Waals surface area (Å²) in [6, 6.07) is 6.64. The Bertz CT molecular complexity index is 363. The molecule has 1 aliphatic heterocycles. The first-order valence-electron chi connectivity index (χ1n) is 7.13. The summed E-state index contributed by atoms with van der Waals surface area (Å²) >= 11 is 2.48. The lowest BCUT2D eigenvalue weighted by Crippen LogP contribution is -2.28. The van der Waals surface area contributed by atoms with Crippen molar-refractivity contribution in [1.82, 2.24) is 15.5 Å². The fourth-order valence-electron chi connectivity index (χ4n) is 2.41. The van der Waals surface area contributed by atoms with Crippen LogP contribution in [0.4, 0.5) is 0 Å². The van der Waals surface area contributed by atoms with Gasteiger partial charge in [-0.15, -0.1) is 0 Å². The molecule has 0 amide bonds. The standard InChI is InChI=1S/C15H24IN3/c1-19-9-3-7-17-11-13-5-2-6-14(15(13)16)12-18-8-4-10-19/h2,5-6,17-18H,3-4,7-12H2,1H3. The normalized spacial score (nSPS) is 19.9. The molecule has 2 rings (SSSR count). The summed E-state index contributed by atoms with van der Waals surface area (Å²) in [4.78, 5) is 2.43. The van der Waals surface area contributed by atoms with Crippen LogP contribution in [0.5, 0.6) is 0 Å². The molecule has 3 nitrogen and oxygen atoms in total. The molecule has 2 N–H and O–H groups in total. The smallest absolute Gasteiger partial charge is 0.0220 e. The van der Waals surface area contributed by atoms with Crippen LogP contribution in [0.1, 0.15) is 24.0 Å². The van der Waals surface area contributed by atoms with Gasteiger partial charge in [0.05, 0.1) is 0 Å². The van der Waals surface area contributed by atoms with Gasteiger partial charge in [0.2, 0.25) is 0 Å². The molecule has 0 radical (unpaired) electrons. The van der Waals surface area contributed by atoms with Crippen LogP contribution >= 0.6 is 22.6 Å². The van der Waals surface area contributed by atoms with Crippen LogP contribution in [0.3, 0.4) is 0 Å². The van der Waals surface area contributed by atoms with Gasteiger partial charge in [-0.2, -0.15) is 0 Å². The number of nitrogens with zero attached hydrogens (tertiary/aromatic N) is 1. The zero-order valence-electron chi connectivity index (χ0n) is 11.7.